The molecule has 0 saturated carbocycles. The first-order valence-electron chi connectivity index (χ1n) is 16.5. The van der Waals surface area contributed by atoms with Crippen molar-refractivity contribution in [2.75, 3.05) is 4.90 Å². The summed E-state index contributed by atoms with van der Waals surface area (Å²) in [4.78, 5) is 2.50. The average molecular weight is 559 g/mol. The maximum absolute atomic E-state index is 3.93. The molecule has 5 rings (SSSR count). The summed E-state index contributed by atoms with van der Waals surface area (Å²) in [5.74, 6) is 1.05. The first kappa shape index (κ1) is 32.2. The first-order chi connectivity index (χ1) is 20.0. The van der Waals surface area contributed by atoms with Gasteiger partial charge in [0.2, 0.25) is 0 Å². The molecule has 0 atom stereocenters. The zero-order valence-corrected chi connectivity index (χ0v) is 28.1. The van der Waals surface area contributed by atoms with Crippen LogP contribution in [0.3, 0.4) is 0 Å². The molecule has 1 saturated heterocycles. The Morgan fingerprint density at radius 2 is 1.26 bits per heavy atom. The third-order valence-corrected chi connectivity index (χ3v) is 9.60. The van der Waals surface area contributed by atoms with Gasteiger partial charge in [-0.25, -0.2) is 0 Å². The molecule has 1 fully saturated rings. The highest BCUT2D eigenvalue weighted by Crippen LogP contribution is 2.53. The zero-order chi connectivity index (χ0) is 30.7. The topological polar surface area (TPSA) is 3.24 Å². The van der Waals surface area contributed by atoms with Crippen molar-refractivity contribution in [2.24, 2.45) is 5.41 Å². The number of anilines is 1. The molecule has 3 aromatic carbocycles. The summed E-state index contributed by atoms with van der Waals surface area (Å²) in [6.07, 6.45) is 5.71. The van der Waals surface area contributed by atoms with E-state index in [1.807, 2.05) is 0 Å². The molecule has 221 valence electrons. The number of benzene rings is 3. The predicted octanol–water partition coefficient (Wildman–Crippen LogP) is 11.0. The number of para-hydroxylation sites is 1. The second-order valence-electron chi connectivity index (χ2n) is 13.5. The molecular weight excluding hydrogens is 505 g/mol. The number of allylic oxidation sites excluding steroid dienone is 2. The SMILES string of the molecule is CCC1(CC)[C]N(c2c(C(C)C)cccc2C(C)C)C(C)(C)C1.CCC1=C(CC)c2ccccc2-c2ccccc2[B]1. The fourth-order valence-electron chi connectivity index (χ4n) is 7.15. The quantitative estimate of drug-likeness (QED) is 0.261. The number of fused-ring (bicyclic) bond motifs is 3. The van der Waals surface area contributed by atoms with E-state index in [9.17, 15) is 0 Å². The molecule has 0 spiro atoms. The van der Waals surface area contributed by atoms with Crippen LogP contribution < -0.4 is 10.4 Å². The molecule has 0 aliphatic carbocycles. The first-order valence-corrected chi connectivity index (χ1v) is 16.5. The largest absolute Gasteiger partial charge is 0.355 e. The van der Waals surface area contributed by atoms with E-state index in [-0.39, 0.29) is 11.0 Å². The third kappa shape index (κ3) is 6.29. The summed E-state index contributed by atoms with van der Waals surface area (Å²) in [5, 5.41) is 0. The molecular formula is C40H53BN. The fourth-order valence-corrected chi connectivity index (χ4v) is 7.15. The Morgan fingerprint density at radius 1 is 0.714 bits per heavy atom. The van der Waals surface area contributed by atoms with E-state index in [1.165, 1.54) is 69.3 Å². The van der Waals surface area contributed by atoms with E-state index in [0.29, 0.717) is 11.8 Å². The van der Waals surface area contributed by atoms with E-state index in [4.69, 9.17) is 0 Å². The van der Waals surface area contributed by atoms with Crippen LogP contribution in [-0.4, -0.2) is 12.8 Å². The van der Waals surface area contributed by atoms with Crippen LogP contribution in [0.1, 0.15) is 130 Å². The Kier molecular flexibility index (Phi) is 10.2. The molecule has 0 bridgehead atoms. The minimum atomic E-state index is 0.126. The van der Waals surface area contributed by atoms with Crippen LogP contribution in [0.4, 0.5) is 5.69 Å². The van der Waals surface area contributed by atoms with Gasteiger partial charge in [0.1, 0.15) is 0 Å². The summed E-state index contributed by atoms with van der Waals surface area (Å²) in [7, 11) is 2.37. The van der Waals surface area contributed by atoms with Crippen molar-refractivity contribution in [2.45, 2.75) is 119 Å². The summed E-state index contributed by atoms with van der Waals surface area (Å²) in [6, 6.07) is 24.4. The van der Waals surface area contributed by atoms with E-state index in [2.05, 4.69) is 155 Å². The van der Waals surface area contributed by atoms with Crippen molar-refractivity contribution < 1.29 is 0 Å². The van der Waals surface area contributed by atoms with Crippen molar-refractivity contribution in [3.63, 3.8) is 0 Å². The lowest BCUT2D eigenvalue weighted by Gasteiger charge is -2.37. The van der Waals surface area contributed by atoms with Gasteiger partial charge in [0, 0.05) is 16.6 Å². The number of rotatable bonds is 7. The van der Waals surface area contributed by atoms with Crippen molar-refractivity contribution >= 4 is 24.0 Å². The molecule has 0 unspecified atom stereocenters. The van der Waals surface area contributed by atoms with Crippen LogP contribution in [0.15, 0.2) is 72.2 Å². The minimum absolute atomic E-state index is 0.126. The lowest BCUT2D eigenvalue weighted by Crippen LogP contribution is -2.37. The average Bonchev–Trinajstić information content (AvgIpc) is 3.19. The van der Waals surface area contributed by atoms with E-state index >= 15 is 0 Å². The van der Waals surface area contributed by atoms with Crippen LogP contribution in [0, 0.1) is 12.0 Å². The second-order valence-corrected chi connectivity index (χ2v) is 13.5. The van der Waals surface area contributed by atoms with Gasteiger partial charge in [0.25, 0.3) is 0 Å². The van der Waals surface area contributed by atoms with Crippen molar-refractivity contribution in [3.8, 4) is 11.1 Å². The Bertz CT molecular complexity index is 1360. The molecule has 1 nitrogen and oxygen atoms in total. The summed E-state index contributed by atoms with van der Waals surface area (Å²) >= 11 is 0. The smallest absolute Gasteiger partial charge is 0.187 e. The highest BCUT2D eigenvalue weighted by atomic mass is 15.2. The van der Waals surface area contributed by atoms with E-state index in [0.717, 1.165) is 12.8 Å². The maximum Gasteiger partial charge on any atom is 0.187 e. The molecule has 2 heterocycles. The van der Waals surface area contributed by atoms with E-state index in [1.54, 1.807) is 0 Å². The fraction of sp³-hybridized carbons (Fsp3) is 0.475. The van der Waals surface area contributed by atoms with Gasteiger partial charge in [0.15, 0.2) is 7.28 Å². The van der Waals surface area contributed by atoms with Gasteiger partial charge >= 0.3 is 0 Å². The number of hydrogen-bond acceptors (Lipinski definition) is 1. The molecule has 3 aromatic rings. The van der Waals surface area contributed by atoms with Crippen molar-refractivity contribution in [1.82, 2.24) is 0 Å². The summed E-state index contributed by atoms with van der Waals surface area (Å²) < 4.78 is 0. The van der Waals surface area contributed by atoms with Crippen LogP contribution >= 0.6 is 0 Å². The van der Waals surface area contributed by atoms with Crippen molar-refractivity contribution in [3.05, 3.63) is 95.4 Å². The Hall–Kier alpha value is -2.74. The van der Waals surface area contributed by atoms with Gasteiger partial charge in [-0.05, 0) is 85.6 Å². The highest BCUT2D eigenvalue weighted by molar-refractivity contribution is 6.64. The Morgan fingerprint density at radius 3 is 1.76 bits per heavy atom. The molecule has 2 aliphatic rings. The minimum Gasteiger partial charge on any atom is -0.355 e. The lowest BCUT2D eigenvalue weighted by atomic mass is 9.60. The normalized spacial score (nSPS) is 16.9. The lowest BCUT2D eigenvalue weighted by molar-refractivity contribution is 0.300. The maximum atomic E-state index is 3.93. The van der Waals surface area contributed by atoms with Crippen LogP contribution in [0.5, 0.6) is 0 Å². The predicted molar refractivity (Wildman–Crippen MR) is 187 cm³/mol. The standard InChI is InChI=1S/C22H35N.C18H18B/c1-9-22(10-2)14-21(7,8)23(15-22)20-18(16(3)4)12-11-13-19(20)17(5)6;1-3-13-14-9-5-6-10-15(14)16-11-7-8-12-18(16)19-17(13)4-2/h11-13,16-17H,9-10,14H2,1-8H3;5-12H,3-4H2,1-2H3. The molecule has 2 aliphatic heterocycles. The highest BCUT2D eigenvalue weighted by Gasteiger charge is 2.48. The van der Waals surface area contributed by atoms with Crippen molar-refractivity contribution in [1.29, 1.82) is 0 Å². The van der Waals surface area contributed by atoms with Gasteiger partial charge in [-0.2, -0.15) is 0 Å². The Balaban J connectivity index is 0.000000196. The van der Waals surface area contributed by atoms with Gasteiger partial charge in [-0.3, -0.25) is 0 Å². The third-order valence-electron chi connectivity index (χ3n) is 9.60. The molecule has 42 heavy (non-hydrogen) atoms. The van der Waals surface area contributed by atoms with Gasteiger partial charge in [-0.15, -0.1) is 0 Å². The molecule has 0 amide bonds. The molecule has 3 radical (unpaired) electrons. The second kappa shape index (κ2) is 13.3. The van der Waals surface area contributed by atoms with Crippen LogP contribution in [0.2, 0.25) is 0 Å². The van der Waals surface area contributed by atoms with Crippen LogP contribution in [0.25, 0.3) is 16.7 Å². The molecule has 2 heteroatoms. The zero-order valence-electron chi connectivity index (χ0n) is 28.1. The van der Waals surface area contributed by atoms with Gasteiger partial charge in [0.05, 0.1) is 6.54 Å². The number of nitrogens with zero attached hydrogens (tertiary/aromatic N) is 1. The number of hydrogen-bond donors (Lipinski definition) is 0. The molecule has 0 N–H and O–H groups in total. The van der Waals surface area contributed by atoms with Gasteiger partial charge in [-0.1, -0.05) is 139 Å². The van der Waals surface area contributed by atoms with Crippen LogP contribution in [-0.2, 0) is 0 Å². The monoisotopic (exact) mass is 558 g/mol. The molecule has 0 aromatic heterocycles. The Labute approximate surface area is 259 Å². The summed E-state index contributed by atoms with van der Waals surface area (Å²) in [6.45, 7) is 27.0. The van der Waals surface area contributed by atoms with E-state index < -0.39 is 0 Å². The van der Waals surface area contributed by atoms with Gasteiger partial charge < -0.3 is 4.90 Å². The summed E-state index contributed by atoms with van der Waals surface area (Å²) in [5.41, 5.74) is 13.1.